The number of hydrogen-bond acceptors (Lipinski definition) is 7. The maximum absolute atomic E-state index is 13.0. The Labute approximate surface area is 184 Å². The van der Waals surface area contributed by atoms with Gasteiger partial charge in [-0.2, -0.15) is 0 Å². The number of aliphatic carboxylic acids is 2. The summed E-state index contributed by atoms with van der Waals surface area (Å²) in [6, 6.07) is -5.06. The number of nitrogens with two attached hydrogens (primary N) is 2. The van der Waals surface area contributed by atoms with Gasteiger partial charge in [0.1, 0.15) is 18.1 Å². The molecule has 1 aliphatic rings. The van der Waals surface area contributed by atoms with Gasteiger partial charge < -0.3 is 37.2 Å². The van der Waals surface area contributed by atoms with Crippen LogP contribution in [0.15, 0.2) is 0 Å². The first-order chi connectivity index (χ1) is 14.9. The Hall–Kier alpha value is -3.22. The Morgan fingerprint density at radius 1 is 1.06 bits per heavy atom. The highest BCUT2D eigenvalue weighted by Gasteiger charge is 2.40. The Bertz CT molecular complexity index is 758. The molecule has 1 aliphatic heterocycles. The largest absolute Gasteiger partial charge is 0.481 e. The molecular weight excluding hydrogens is 426 g/mol. The number of carbonyl (C=O) groups excluding carboxylic acids is 4. The second kappa shape index (κ2) is 12.0. The van der Waals surface area contributed by atoms with Gasteiger partial charge >= 0.3 is 11.9 Å². The highest BCUT2D eigenvalue weighted by molar-refractivity contribution is 5.96. The van der Waals surface area contributed by atoms with Crippen LogP contribution in [0, 0.1) is 5.92 Å². The van der Waals surface area contributed by atoms with Crippen LogP contribution in [0.5, 0.6) is 0 Å². The van der Waals surface area contributed by atoms with Gasteiger partial charge in [-0.05, 0) is 18.8 Å². The van der Waals surface area contributed by atoms with Gasteiger partial charge in [0, 0.05) is 6.54 Å². The van der Waals surface area contributed by atoms with E-state index in [0.717, 1.165) is 4.90 Å². The summed E-state index contributed by atoms with van der Waals surface area (Å²) in [5, 5.41) is 22.9. The molecule has 180 valence electrons. The number of carboxylic acid groups (broad SMARTS) is 2. The molecule has 4 amide bonds. The fourth-order valence-electron chi connectivity index (χ4n) is 3.33. The summed E-state index contributed by atoms with van der Waals surface area (Å²) < 4.78 is 0. The number of carbonyl (C=O) groups is 6. The molecular formula is C19H31N5O8. The summed E-state index contributed by atoms with van der Waals surface area (Å²) in [6.07, 6.45) is -0.163. The molecule has 0 aromatic carbocycles. The van der Waals surface area contributed by atoms with Crippen LogP contribution in [0.3, 0.4) is 0 Å². The first-order valence-electron chi connectivity index (χ1n) is 10.3. The van der Waals surface area contributed by atoms with Crippen LogP contribution in [0.25, 0.3) is 0 Å². The summed E-state index contributed by atoms with van der Waals surface area (Å²) in [6.45, 7) is 3.67. The van der Waals surface area contributed by atoms with Gasteiger partial charge in [-0.25, -0.2) is 4.79 Å². The summed E-state index contributed by atoms with van der Waals surface area (Å²) in [4.78, 5) is 72.7. The van der Waals surface area contributed by atoms with Gasteiger partial charge in [0.05, 0.1) is 18.9 Å². The molecule has 13 heteroatoms. The second-order valence-corrected chi connectivity index (χ2v) is 7.83. The summed E-state index contributed by atoms with van der Waals surface area (Å²) >= 11 is 0. The number of nitrogens with one attached hydrogen (secondary N) is 2. The fourth-order valence-corrected chi connectivity index (χ4v) is 3.33. The van der Waals surface area contributed by atoms with Crippen molar-refractivity contribution in [1.82, 2.24) is 15.5 Å². The van der Waals surface area contributed by atoms with Gasteiger partial charge in [0.15, 0.2) is 0 Å². The second-order valence-electron chi connectivity index (χ2n) is 7.83. The Morgan fingerprint density at radius 2 is 1.69 bits per heavy atom. The van der Waals surface area contributed by atoms with Crippen molar-refractivity contribution < 1.29 is 39.0 Å². The normalized spacial score (nSPS) is 19.3. The minimum absolute atomic E-state index is 0.105. The molecule has 0 aliphatic carbocycles. The van der Waals surface area contributed by atoms with Gasteiger partial charge in [-0.3, -0.25) is 24.0 Å². The van der Waals surface area contributed by atoms with Crippen molar-refractivity contribution in [3.63, 3.8) is 0 Å². The van der Waals surface area contributed by atoms with Crippen molar-refractivity contribution in [3.8, 4) is 0 Å². The number of amides is 4. The topological polar surface area (TPSA) is 222 Å². The maximum Gasteiger partial charge on any atom is 0.326 e. The zero-order chi connectivity index (χ0) is 24.6. The van der Waals surface area contributed by atoms with E-state index >= 15 is 0 Å². The lowest BCUT2D eigenvalue weighted by molar-refractivity contribution is -0.147. The van der Waals surface area contributed by atoms with E-state index in [0.29, 0.717) is 12.8 Å². The minimum Gasteiger partial charge on any atom is -0.481 e. The number of hydrogen-bond donors (Lipinski definition) is 6. The van der Waals surface area contributed by atoms with Crippen molar-refractivity contribution in [2.24, 2.45) is 17.4 Å². The lowest BCUT2D eigenvalue weighted by atomic mass is 9.99. The number of likely N-dealkylation sites (tertiary alicyclic amines) is 1. The van der Waals surface area contributed by atoms with Crippen LogP contribution in [0.2, 0.25) is 0 Å². The van der Waals surface area contributed by atoms with E-state index in [-0.39, 0.29) is 18.9 Å². The number of rotatable bonds is 12. The van der Waals surface area contributed by atoms with E-state index in [9.17, 15) is 33.9 Å². The van der Waals surface area contributed by atoms with Crippen LogP contribution < -0.4 is 22.1 Å². The molecule has 0 spiro atoms. The third kappa shape index (κ3) is 7.48. The molecule has 0 aromatic rings. The van der Waals surface area contributed by atoms with Crippen molar-refractivity contribution in [3.05, 3.63) is 0 Å². The van der Waals surface area contributed by atoms with Gasteiger partial charge in [-0.15, -0.1) is 0 Å². The smallest absolute Gasteiger partial charge is 0.326 e. The maximum atomic E-state index is 13.0. The van der Waals surface area contributed by atoms with Crippen LogP contribution in [0.4, 0.5) is 0 Å². The average Bonchev–Trinajstić information content (AvgIpc) is 3.20. The minimum atomic E-state index is -1.57. The third-order valence-electron chi connectivity index (χ3n) is 5.41. The van der Waals surface area contributed by atoms with Crippen molar-refractivity contribution in [2.75, 3.05) is 6.54 Å². The molecule has 0 unspecified atom stereocenters. The molecule has 8 N–H and O–H groups in total. The summed E-state index contributed by atoms with van der Waals surface area (Å²) in [5.74, 6) is -6.25. The van der Waals surface area contributed by atoms with E-state index in [1.807, 2.05) is 6.92 Å². The van der Waals surface area contributed by atoms with Gasteiger partial charge in [0.2, 0.25) is 23.6 Å². The number of nitrogens with zero attached hydrogens (tertiary/aromatic N) is 1. The Morgan fingerprint density at radius 3 is 2.19 bits per heavy atom. The van der Waals surface area contributed by atoms with Gasteiger partial charge in [-0.1, -0.05) is 20.3 Å². The van der Waals surface area contributed by atoms with Crippen molar-refractivity contribution in [2.45, 2.75) is 70.1 Å². The van der Waals surface area contributed by atoms with Crippen LogP contribution >= 0.6 is 0 Å². The number of carboxylic acids is 2. The Balaban J connectivity index is 2.99. The van der Waals surface area contributed by atoms with Crippen molar-refractivity contribution in [1.29, 1.82) is 0 Å². The predicted octanol–water partition coefficient (Wildman–Crippen LogP) is -2.24. The average molecular weight is 457 g/mol. The van der Waals surface area contributed by atoms with E-state index in [4.69, 9.17) is 16.6 Å². The molecule has 5 atom stereocenters. The first kappa shape index (κ1) is 26.8. The van der Waals surface area contributed by atoms with Crippen LogP contribution in [-0.4, -0.2) is 81.4 Å². The van der Waals surface area contributed by atoms with E-state index in [1.165, 1.54) is 0 Å². The molecule has 0 bridgehead atoms. The predicted molar refractivity (Wildman–Crippen MR) is 110 cm³/mol. The third-order valence-corrected chi connectivity index (χ3v) is 5.41. The highest BCUT2D eigenvalue weighted by atomic mass is 16.4. The molecule has 1 rings (SSSR count). The molecule has 1 saturated heterocycles. The fraction of sp³-hybridized carbons (Fsp3) is 0.684. The summed E-state index contributed by atoms with van der Waals surface area (Å²) in [5.41, 5.74) is 10.9. The molecule has 0 radical (unpaired) electrons. The molecule has 1 heterocycles. The molecule has 0 saturated carbocycles. The van der Waals surface area contributed by atoms with Crippen molar-refractivity contribution >= 4 is 35.6 Å². The molecule has 1 fully saturated rings. The SMILES string of the molecule is CC[C@H](C)[C@H](N)C(=O)N[C@@H](CC(=O)O)C(=O)N1CCC[C@H]1C(=O)N[C@@H](CC(N)=O)C(=O)O. The zero-order valence-corrected chi connectivity index (χ0v) is 18.1. The monoisotopic (exact) mass is 457 g/mol. The molecule has 13 nitrogen and oxygen atoms in total. The van der Waals surface area contributed by atoms with Gasteiger partial charge in [0.25, 0.3) is 0 Å². The van der Waals surface area contributed by atoms with E-state index < -0.39 is 72.6 Å². The standard InChI is InChI=1S/C19H31N5O8/c1-3-9(2)15(21)17(29)22-10(8-14(26)27)18(30)24-6-4-5-12(24)16(28)23-11(19(31)32)7-13(20)25/h9-12,15H,3-8,21H2,1-2H3,(H2,20,25)(H,22,29)(H,23,28)(H,26,27)(H,31,32)/t9-,10-,11-,12-,15-/m0/s1. The summed E-state index contributed by atoms with van der Waals surface area (Å²) in [7, 11) is 0. The Kier molecular flexibility index (Phi) is 10.0. The molecule has 32 heavy (non-hydrogen) atoms. The lowest BCUT2D eigenvalue weighted by Crippen LogP contribution is -2.58. The molecule has 0 aromatic heterocycles. The highest BCUT2D eigenvalue weighted by Crippen LogP contribution is 2.20. The zero-order valence-electron chi connectivity index (χ0n) is 18.1. The van der Waals surface area contributed by atoms with E-state index in [1.54, 1.807) is 6.92 Å². The lowest BCUT2D eigenvalue weighted by Gasteiger charge is -2.29. The first-order valence-corrected chi connectivity index (χ1v) is 10.3. The van der Waals surface area contributed by atoms with Crippen LogP contribution in [-0.2, 0) is 28.8 Å². The number of primary amides is 1. The van der Waals surface area contributed by atoms with E-state index in [2.05, 4.69) is 10.6 Å². The quantitative estimate of drug-likeness (QED) is 0.186. The van der Waals surface area contributed by atoms with Crippen LogP contribution in [0.1, 0.15) is 46.0 Å².